The van der Waals surface area contributed by atoms with Gasteiger partial charge in [0.1, 0.15) is 0 Å². The molecule has 0 saturated carbocycles. The summed E-state index contributed by atoms with van der Waals surface area (Å²) in [5.74, 6) is 41.9. The number of hydrogen-bond acceptors (Lipinski definition) is 0. The summed E-state index contributed by atoms with van der Waals surface area (Å²) in [5, 5.41) is 0. The molecule has 0 nitrogen and oxygen atoms in total. The Balaban J connectivity index is 1.56. The molecule has 2 aliphatic carbocycles. The van der Waals surface area contributed by atoms with Gasteiger partial charge >= 0.3 is 24.7 Å². The molecule has 0 heterocycles. The molecule has 0 radical (unpaired) electrons. The lowest BCUT2D eigenvalue weighted by Crippen LogP contribution is -2.05. The van der Waals surface area contributed by atoms with Crippen LogP contribution in [0.15, 0.2) is 84.9 Å². The van der Waals surface area contributed by atoms with E-state index < -0.39 is 47.0 Å². The van der Waals surface area contributed by atoms with Gasteiger partial charge in [0.05, 0.1) is 22.3 Å². The summed E-state index contributed by atoms with van der Waals surface area (Å²) in [6, 6.07) is 12.9. The minimum atomic E-state index is -4.79. The minimum Gasteiger partial charge on any atom is -0.166 e. The largest absolute Gasteiger partial charge is 0.416 e. The van der Waals surface area contributed by atoms with E-state index in [4.69, 9.17) is 0 Å². The Labute approximate surface area is 345 Å². The summed E-state index contributed by atoms with van der Waals surface area (Å²) >= 11 is 0. The van der Waals surface area contributed by atoms with Crippen LogP contribution < -0.4 is 0 Å². The van der Waals surface area contributed by atoms with Crippen molar-refractivity contribution >= 4 is 0 Å². The van der Waals surface area contributed by atoms with Crippen LogP contribution in [0.4, 0.5) is 52.7 Å². The molecular formula is C50H14F12. The fourth-order valence-electron chi connectivity index (χ4n) is 5.68. The average molecular weight is 843 g/mol. The molecule has 0 saturated heterocycles. The van der Waals surface area contributed by atoms with Gasteiger partial charge in [0.25, 0.3) is 0 Å². The second kappa shape index (κ2) is 16.1. The van der Waals surface area contributed by atoms with Gasteiger partial charge in [-0.2, -0.15) is 52.7 Å². The van der Waals surface area contributed by atoms with E-state index in [9.17, 15) is 52.7 Å². The maximum atomic E-state index is 13.8. The van der Waals surface area contributed by atoms with Crippen LogP contribution in [0.5, 0.6) is 0 Å². The van der Waals surface area contributed by atoms with Gasteiger partial charge in [-0.1, -0.05) is 71.0 Å². The normalized spacial score (nSPS) is 12.2. The van der Waals surface area contributed by atoms with Crippen LogP contribution in [-0.2, 0) is 24.7 Å². The molecule has 0 N–H and O–H groups in total. The maximum absolute atomic E-state index is 13.8. The second-order valence-electron chi connectivity index (χ2n) is 13.0. The van der Waals surface area contributed by atoms with Crippen molar-refractivity contribution in [2.75, 3.05) is 0 Å². The van der Waals surface area contributed by atoms with Crippen molar-refractivity contribution in [3.63, 3.8) is 0 Å². The fraction of sp³-hybridized carbons (Fsp3) is 0.0800. The van der Waals surface area contributed by atoms with Gasteiger partial charge < -0.3 is 0 Å². The number of fused-ring (bicyclic) bond motifs is 10. The summed E-state index contributed by atoms with van der Waals surface area (Å²) < 4.78 is 165. The molecule has 0 aliphatic heterocycles. The van der Waals surface area contributed by atoms with Crippen LogP contribution >= 0.6 is 0 Å². The van der Waals surface area contributed by atoms with Gasteiger partial charge in [-0.25, -0.2) is 0 Å². The van der Waals surface area contributed by atoms with Crippen molar-refractivity contribution < 1.29 is 52.7 Å². The zero-order chi connectivity index (χ0) is 44.5. The van der Waals surface area contributed by atoms with E-state index in [0.717, 1.165) is 72.8 Å². The lowest BCUT2D eigenvalue weighted by atomic mass is 9.96. The molecule has 0 spiro atoms. The lowest BCUT2D eigenvalue weighted by Gasteiger charge is -2.08. The highest BCUT2D eigenvalue weighted by Crippen LogP contribution is 2.34. The summed E-state index contributed by atoms with van der Waals surface area (Å²) in [7, 11) is 0. The van der Waals surface area contributed by atoms with Gasteiger partial charge in [0.15, 0.2) is 0 Å². The quantitative estimate of drug-likeness (QED) is 0.108. The van der Waals surface area contributed by atoms with Gasteiger partial charge in [-0.05, 0) is 109 Å². The number of halogens is 12. The topological polar surface area (TPSA) is 0 Å². The van der Waals surface area contributed by atoms with Crippen molar-refractivity contribution in [2.24, 2.45) is 0 Å². The molecule has 5 aromatic rings. The number of benzene rings is 5. The van der Waals surface area contributed by atoms with Crippen LogP contribution in [0.1, 0.15) is 89.0 Å². The summed E-state index contributed by atoms with van der Waals surface area (Å²) in [6.07, 6.45) is -19.2. The van der Waals surface area contributed by atoms with Crippen molar-refractivity contribution in [1.29, 1.82) is 0 Å². The van der Waals surface area contributed by atoms with E-state index in [1.165, 1.54) is 12.1 Å². The Bertz CT molecular complexity index is 2830. The van der Waals surface area contributed by atoms with E-state index in [0.29, 0.717) is 0 Å². The van der Waals surface area contributed by atoms with Crippen molar-refractivity contribution in [1.82, 2.24) is 0 Å². The third-order valence-corrected chi connectivity index (χ3v) is 8.79. The standard InChI is InChI=1S/C50H14F12/c51-47(52,53)43-21-17-31-9-13-39-25-40(14-10-32-18-22-44(48(54,55)56)28-36(32)6-2-1-5-35(31)27-43)42-16-12-34-20-24-46(50(60,61)62)30-38(34)8-4-3-7-37-29-45(49(57,58)59)23-19-33(37)11-15-41(39)26-42/h17-30H. The van der Waals surface area contributed by atoms with Gasteiger partial charge in [0.2, 0.25) is 0 Å². The van der Waals surface area contributed by atoms with Gasteiger partial charge in [0, 0.05) is 66.8 Å². The first kappa shape index (κ1) is 41.9. The zero-order valence-electron chi connectivity index (χ0n) is 30.6. The second-order valence-corrected chi connectivity index (χ2v) is 13.0. The molecule has 0 aromatic heterocycles. The van der Waals surface area contributed by atoms with Crippen LogP contribution in [0.3, 0.4) is 0 Å². The van der Waals surface area contributed by atoms with Crippen LogP contribution in [0.2, 0.25) is 0 Å². The molecule has 0 atom stereocenters. The molecule has 298 valence electrons. The highest BCUT2D eigenvalue weighted by Gasteiger charge is 2.33. The molecule has 7 rings (SSSR count). The molecule has 4 bridgehead atoms. The molecule has 5 aromatic carbocycles. The Morgan fingerprint density at radius 2 is 0.387 bits per heavy atom. The molecule has 0 amide bonds. The highest BCUT2D eigenvalue weighted by atomic mass is 19.4. The van der Waals surface area contributed by atoms with E-state index >= 15 is 0 Å². The molecule has 2 aliphatic rings. The first-order valence-corrected chi connectivity index (χ1v) is 17.4. The molecular weight excluding hydrogens is 829 g/mol. The smallest absolute Gasteiger partial charge is 0.166 e. The predicted molar refractivity (Wildman–Crippen MR) is 204 cm³/mol. The van der Waals surface area contributed by atoms with E-state index in [2.05, 4.69) is 94.7 Å². The first-order valence-electron chi connectivity index (χ1n) is 17.4. The number of rotatable bonds is 0. The van der Waals surface area contributed by atoms with Gasteiger partial charge in [-0.15, -0.1) is 0 Å². The SMILES string of the molecule is FC(F)(F)c1ccc2c(c1)C#CC#Cc1cc(C(F)(F)F)ccc1C#Cc1cc(c3cc1C#Cc1ccc(C(F)(F)F)cc1C#CC#Cc1cc(C(F)(F)F)ccc1C#C3)C#C2. The summed E-state index contributed by atoms with van der Waals surface area (Å²) in [5.41, 5.74) is -5.10. The third kappa shape index (κ3) is 9.61. The van der Waals surface area contributed by atoms with Crippen molar-refractivity contribution in [3.8, 4) is 94.7 Å². The average Bonchev–Trinajstić information content (AvgIpc) is 3.20. The number of hydrogen-bond donors (Lipinski definition) is 0. The lowest BCUT2D eigenvalue weighted by molar-refractivity contribution is -0.138. The van der Waals surface area contributed by atoms with Gasteiger partial charge in [-0.3, -0.25) is 0 Å². The fourth-order valence-corrected chi connectivity index (χ4v) is 5.68. The Kier molecular flexibility index (Phi) is 10.9. The Morgan fingerprint density at radius 3 is 0.581 bits per heavy atom. The Morgan fingerprint density at radius 1 is 0.210 bits per heavy atom. The monoisotopic (exact) mass is 842 g/mol. The van der Waals surface area contributed by atoms with Crippen LogP contribution in [0, 0.1) is 94.7 Å². The highest BCUT2D eigenvalue weighted by molar-refractivity contribution is 5.68. The van der Waals surface area contributed by atoms with Crippen LogP contribution in [-0.4, -0.2) is 0 Å². The van der Waals surface area contributed by atoms with Crippen molar-refractivity contribution in [2.45, 2.75) is 24.7 Å². The molecule has 62 heavy (non-hydrogen) atoms. The third-order valence-electron chi connectivity index (χ3n) is 8.79. The summed E-state index contributed by atoms with van der Waals surface area (Å²) in [4.78, 5) is 0. The maximum Gasteiger partial charge on any atom is 0.416 e. The molecule has 0 unspecified atom stereocenters. The Hall–Kier alpha value is -8.26. The molecule has 0 fully saturated rings. The number of alkyl halides is 12. The molecule has 12 heteroatoms. The van der Waals surface area contributed by atoms with E-state index in [-0.39, 0.29) is 66.8 Å². The van der Waals surface area contributed by atoms with Crippen molar-refractivity contribution in [3.05, 3.63) is 174 Å². The summed E-state index contributed by atoms with van der Waals surface area (Å²) in [6.45, 7) is 0. The first-order chi connectivity index (χ1) is 29.2. The van der Waals surface area contributed by atoms with E-state index in [1.54, 1.807) is 0 Å². The van der Waals surface area contributed by atoms with Crippen LogP contribution in [0.25, 0.3) is 0 Å². The van der Waals surface area contributed by atoms with E-state index in [1.807, 2.05) is 0 Å². The predicted octanol–water partition coefficient (Wildman–Crippen LogP) is 10.8. The zero-order valence-corrected chi connectivity index (χ0v) is 30.6. The minimum absolute atomic E-state index is 0.0223.